The van der Waals surface area contributed by atoms with Crippen LogP contribution in [-0.2, 0) is 11.3 Å². The van der Waals surface area contributed by atoms with Gasteiger partial charge in [-0.25, -0.2) is 14.2 Å². The lowest BCUT2D eigenvalue weighted by atomic mass is 10.1. The Morgan fingerprint density at radius 2 is 2.20 bits per heavy atom. The lowest BCUT2D eigenvalue weighted by Crippen LogP contribution is -2.36. The Labute approximate surface area is 122 Å². The molecule has 0 aromatic carbocycles. The van der Waals surface area contributed by atoms with Crippen LogP contribution in [0.2, 0.25) is 5.15 Å². The summed E-state index contributed by atoms with van der Waals surface area (Å²) in [4.78, 5) is 17.3. The fraction of sp³-hybridized carbons (Fsp3) is 0.429. The number of hydrogen-bond donors (Lipinski definition) is 0. The number of halogens is 2. The lowest BCUT2D eigenvalue weighted by Gasteiger charge is -2.26. The largest absolute Gasteiger partial charge is 0.444 e. The number of rotatable bonds is 0. The summed E-state index contributed by atoms with van der Waals surface area (Å²) >= 11 is 5.69. The number of pyridine rings is 1. The van der Waals surface area contributed by atoms with E-state index in [1.807, 2.05) is 0 Å². The smallest absolute Gasteiger partial charge is 0.410 e. The summed E-state index contributed by atoms with van der Waals surface area (Å²) in [5.41, 5.74) is 0.382. The van der Waals surface area contributed by atoms with Crippen LogP contribution in [0.1, 0.15) is 31.9 Å². The van der Waals surface area contributed by atoms with E-state index in [9.17, 15) is 9.18 Å². The Balaban J connectivity index is 2.27. The van der Waals surface area contributed by atoms with Crippen molar-refractivity contribution >= 4 is 23.8 Å². The summed E-state index contributed by atoms with van der Waals surface area (Å²) in [5.74, 6) is -0.593. The first-order valence-electron chi connectivity index (χ1n) is 6.25. The summed E-state index contributed by atoms with van der Waals surface area (Å²) in [6.07, 6.45) is 4.51. The van der Waals surface area contributed by atoms with E-state index in [-0.39, 0.29) is 11.7 Å². The number of hydrogen-bond acceptors (Lipinski definition) is 3. The Kier molecular flexibility index (Phi) is 3.99. The molecule has 0 spiro atoms. The van der Waals surface area contributed by atoms with Crippen molar-refractivity contribution in [2.75, 3.05) is 6.54 Å². The van der Waals surface area contributed by atoms with Crippen LogP contribution < -0.4 is 0 Å². The number of ether oxygens (including phenoxy) is 1. The van der Waals surface area contributed by atoms with Crippen LogP contribution in [0.5, 0.6) is 0 Å². The Bertz CT molecular complexity index is 567. The monoisotopic (exact) mass is 298 g/mol. The first kappa shape index (κ1) is 14.8. The quantitative estimate of drug-likeness (QED) is 0.687. The maximum absolute atomic E-state index is 14.0. The summed E-state index contributed by atoms with van der Waals surface area (Å²) in [6.45, 7) is 5.81. The first-order valence-corrected chi connectivity index (χ1v) is 6.63. The van der Waals surface area contributed by atoms with Gasteiger partial charge in [-0.15, -0.1) is 0 Å². The van der Waals surface area contributed by atoms with Gasteiger partial charge in [-0.3, -0.25) is 0 Å². The minimum absolute atomic E-state index is 0.102. The average Bonchev–Trinajstić information content (AvgIpc) is 2.54. The normalized spacial score (nSPS) is 14.8. The zero-order valence-electron chi connectivity index (χ0n) is 11.6. The van der Waals surface area contributed by atoms with Crippen LogP contribution in [0.4, 0.5) is 9.18 Å². The number of amides is 1. The van der Waals surface area contributed by atoms with Gasteiger partial charge in [0.2, 0.25) is 0 Å². The van der Waals surface area contributed by atoms with Crippen LogP contribution in [0.15, 0.2) is 12.3 Å². The third kappa shape index (κ3) is 3.28. The summed E-state index contributed by atoms with van der Waals surface area (Å²) < 4.78 is 19.3. The summed E-state index contributed by atoms with van der Waals surface area (Å²) in [7, 11) is 0. The van der Waals surface area contributed by atoms with Gasteiger partial charge >= 0.3 is 6.09 Å². The molecule has 0 atom stereocenters. The molecule has 0 saturated carbocycles. The van der Waals surface area contributed by atoms with E-state index < -0.39 is 17.5 Å². The van der Waals surface area contributed by atoms with Crippen molar-refractivity contribution in [1.82, 2.24) is 9.88 Å². The van der Waals surface area contributed by atoms with Gasteiger partial charge in [0.25, 0.3) is 0 Å². The second-order valence-electron chi connectivity index (χ2n) is 5.56. The maximum atomic E-state index is 14.0. The molecule has 108 valence electrons. The standard InChI is InChI=1S/C14H16ClFN2O2/c1-14(2,3)20-13(19)18-6-4-5-9-7-17-12(15)11(16)10(9)8-18/h4-5,7H,6,8H2,1-3H3. The van der Waals surface area contributed by atoms with Gasteiger partial charge in [-0.05, 0) is 20.8 Å². The number of fused-ring (bicyclic) bond motifs is 1. The Morgan fingerprint density at radius 3 is 2.85 bits per heavy atom. The molecular formula is C14H16ClFN2O2. The topological polar surface area (TPSA) is 42.4 Å². The average molecular weight is 299 g/mol. The third-order valence-corrected chi connectivity index (χ3v) is 3.00. The molecule has 2 rings (SSSR count). The molecule has 0 saturated heterocycles. The van der Waals surface area contributed by atoms with Crippen LogP contribution in [0, 0.1) is 5.82 Å². The van der Waals surface area contributed by atoms with Crippen LogP contribution in [-0.4, -0.2) is 28.1 Å². The summed E-state index contributed by atoms with van der Waals surface area (Å²) in [6, 6.07) is 0. The van der Waals surface area contributed by atoms with Gasteiger partial charge < -0.3 is 9.64 Å². The molecular weight excluding hydrogens is 283 g/mol. The predicted octanol–water partition coefficient (Wildman–Crippen LogP) is 3.64. The molecule has 20 heavy (non-hydrogen) atoms. The van der Waals surface area contributed by atoms with Gasteiger partial charge in [0.15, 0.2) is 11.0 Å². The maximum Gasteiger partial charge on any atom is 0.410 e. The fourth-order valence-electron chi connectivity index (χ4n) is 1.84. The molecule has 1 amide bonds. The van der Waals surface area contributed by atoms with E-state index in [0.717, 1.165) is 0 Å². The Morgan fingerprint density at radius 1 is 1.50 bits per heavy atom. The van der Waals surface area contributed by atoms with E-state index in [0.29, 0.717) is 17.7 Å². The number of aromatic nitrogens is 1. The van der Waals surface area contributed by atoms with Gasteiger partial charge in [-0.1, -0.05) is 23.8 Å². The molecule has 4 nitrogen and oxygen atoms in total. The van der Waals surface area contributed by atoms with Gasteiger partial charge in [0.05, 0.1) is 6.54 Å². The molecule has 1 aliphatic heterocycles. The van der Waals surface area contributed by atoms with E-state index >= 15 is 0 Å². The van der Waals surface area contributed by atoms with Gasteiger partial charge in [0.1, 0.15) is 5.60 Å². The highest BCUT2D eigenvalue weighted by atomic mass is 35.5. The van der Waals surface area contributed by atoms with E-state index in [1.165, 1.54) is 11.1 Å². The highest BCUT2D eigenvalue weighted by molar-refractivity contribution is 6.29. The van der Waals surface area contributed by atoms with E-state index in [2.05, 4.69) is 4.98 Å². The summed E-state index contributed by atoms with van der Waals surface area (Å²) in [5, 5.41) is -0.191. The SMILES string of the molecule is CC(C)(C)OC(=O)N1CC=Cc2cnc(Cl)c(F)c2C1. The molecule has 0 unspecified atom stereocenters. The highest BCUT2D eigenvalue weighted by Crippen LogP contribution is 2.25. The minimum Gasteiger partial charge on any atom is -0.444 e. The van der Waals surface area contributed by atoms with Crippen LogP contribution >= 0.6 is 11.6 Å². The molecule has 1 aliphatic rings. The number of carbonyl (C=O) groups is 1. The number of nitrogens with zero attached hydrogens (tertiary/aromatic N) is 2. The van der Waals surface area contributed by atoms with Crippen molar-refractivity contribution in [3.05, 3.63) is 34.4 Å². The van der Waals surface area contributed by atoms with Gasteiger partial charge in [-0.2, -0.15) is 0 Å². The Hall–Kier alpha value is -1.62. The van der Waals surface area contributed by atoms with Crippen molar-refractivity contribution in [3.8, 4) is 0 Å². The molecule has 2 heterocycles. The van der Waals surface area contributed by atoms with E-state index in [4.69, 9.17) is 16.3 Å². The molecule has 6 heteroatoms. The molecule has 1 aromatic heterocycles. The zero-order chi connectivity index (χ0) is 14.9. The van der Waals surface area contributed by atoms with Crippen molar-refractivity contribution in [1.29, 1.82) is 0 Å². The zero-order valence-corrected chi connectivity index (χ0v) is 12.4. The predicted molar refractivity (Wildman–Crippen MR) is 74.9 cm³/mol. The molecule has 0 radical (unpaired) electrons. The molecule has 0 aliphatic carbocycles. The lowest BCUT2D eigenvalue weighted by molar-refractivity contribution is 0.0256. The molecule has 0 N–H and O–H groups in total. The molecule has 0 bridgehead atoms. The first-order chi connectivity index (χ1) is 9.28. The molecule has 1 aromatic rings. The van der Waals surface area contributed by atoms with Crippen LogP contribution in [0.3, 0.4) is 0 Å². The van der Waals surface area contributed by atoms with Crippen LogP contribution in [0.25, 0.3) is 6.08 Å². The minimum atomic E-state index is -0.593. The van der Waals surface area contributed by atoms with Crippen molar-refractivity contribution in [2.24, 2.45) is 0 Å². The fourth-order valence-corrected chi connectivity index (χ4v) is 2.01. The van der Waals surface area contributed by atoms with Crippen molar-refractivity contribution in [3.63, 3.8) is 0 Å². The second kappa shape index (κ2) is 5.40. The molecule has 0 fully saturated rings. The van der Waals surface area contributed by atoms with E-state index in [1.54, 1.807) is 32.9 Å². The second-order valence-corrected chi connectivity index (χ2v) is 5.92. The van der Waals surface area contributed by atoms with Gasteiger partial charge in [0, 0.05) is 23.9 Å². The third-order valence-electron chi connectivity index (χ3n) is 2.74. The highest BCUT2D eigenvalue weighted by Gasteiger charge is 2.25. The number of carbonyl (C=O) groups excluding carboxylic acids is 1. The van der Waals surface area contributed by atoms with Crippen molar-refractivity contribution < 1.29 is 13.9 Å². The van der Waals surface area contributed by atoms with Crippen molar-refractivity contribution in [2.45, 2.75) is 32.9 Å².